The predicted octanol–water partition coefficient (Wildman–Crippen LogP) is 0.948. The summed E-state index contributed by atoms with van der Waals surface area (Å²) in [6, 6.07) is 0.282. The van der Waals surface area contributed by atoms with Crippen molar-refractivity contribution in [3.8, 4) is 0 Å². The molecule has 0 aliphatic carbocycles. The molecule has 1 rings (SSSR count). The van der Waals surface area contributed by atoms with Crippen molar-refractivity contribution < 1.29 is 4.74 Å². The Morgan fingerprint density at radius 1 is 1.56 bits per heavy atom. The van der Waals surface area contributed by atoms with Crippen LogP contribution in [0, 0.1) is 0 Å². The van der Waals surface area contributed by atoms with E-state index < -0.39 is 0 Å². The molecule has 1 heterocycles. The number of hydrogen-bond donors (Lipinski definition) is 2. The number of nitrogens with zero attached hydrogens (tertiary/aromatic N) is 2. The normalized spacial score (nSPS) is 12.1. The fourth-order valence-corrected chi connectivity index (χ4v) is 1.25. The lowest BCUT2D eigenvalue weighted by Gasteiger charge is -2.13. The Balaban J connectivity index is 2.51. The monoisotopic (exact) mass is 240 g/mol. The minimum absolute atomic E-state index is 0.256. The number of aromatic nitrogens is 2. The van der Waals surface area contributed by atoms with Gasteiger partial charge in [-0.1, -0.05) is 12.2 Å². The highest BCUT2D eigenvalue weighted by atomic mass is 32.1. The van der Waals surface area contributed by atoms with Crippen molar-refractivity contribution in [3.05, 3.63) is 18.1 Å². The third-order valence-electron chi connectivity index (χ3n) is 2.05. The van der Waals surface area contributed by atoms with Crippen molar-refractivity contribution in [1.29, 1.82) is 0 Å². The molecule has 0 bridgehead atoms. The van der Waals surface area contributed by atoms with Gasteiger partial charge < -0.3 is 15.8 Å². The summed E-state index contributed by atoms with van der Waals surface area (Å²) >= 11 is 4.79. The molecule has 6 heteroatoms. The summed E-state index contributed by atoms with van der Waals surface area (Å²) in [6.45, 7) is 2.77. The van der Waals surface area contributed by atoms with E-state index in [9.17, 15) is 0 Å². The second-order valence-corrected chi connectivity index (χ2v) is 3.92. The van der Waals surface area contributed by atoms with Crippen LogP contribution >= 0.6 is 12.2 Å². The Labute approximate surface area is 100 Å². The SMILES string of the molecule is COCCC(C)Nc1cnc(C(N)=S)cn1. The van der Waals surface area contributed by atoms with E-state index in [1.165, 1.54) is 0 Å². The van der Waals surface area contributed by atoms with Crippen LogP contribution < -0.4 is 11.1 Å². The maximum absolute atomic E-state index is 5.42. The average Bonchev–Trinajstić information content (AvgIpc) is 2.27. The largest absolute Gasteiger partial charge is 0.388 e. The fraction of sp³-hybridized carbons (Fsp3) is 0.500. The van der Waals surface area contributed by atoms with Gasteiger partial charge in [0.05, 0.1) is 12.4 Å². The zero-order valence-corrected chi connectivity index (χ0v) is 10.3. The third-order valence-corrected chi connectivity index (χ3v) is 2.26. The maximum Gasteiger partial charge on any atom is 0.144 e. The van der Waals surface area contributed by atoms with Crippen LogP contribution in [0.4, 0.5) is 5.82 Å². The van der Waals surface area contributed by atoms with Gasteiger partial charge in [0.25, 0.3) is 0 Å². The van der Waals surface area contributed by atoms with E-state index in [0.29, 0.717) is 18.1 Å². The van der Waals surface area contributed by atoms with Gasteiger partial charge in [-0.15, -0.1) is 0 Å². The first-order valence-electron chi connectivity index (χ1n) is 5.00. The third kappa shape index (κ3) is 4.08. The molecule has 1 unspecified atom stereocenters. The number of hydrogen-bond acceptors (Lipinski definition) is 5. The van der Waals surface area contributed by atoms with E-state index in [-0.39, 0.29) is 11.0 Å². The Hall–Kier alpha value is -1.27. The van der Waals surface area contributed by atoms with Crippen LogP contribution in [0.1, 0.15) is 19.0 Å². The van der Waals surface area contributed by atoms with E-state index in [1.807, 2.05) is 0 Å². The van der Waals surface area contributed by atoms with Crippen molar-refractivity contribution in [3.63, 3.8) is 0 Å². The first kappa shape index (κ1) is 12.8. The van der Waals surface area contributed by atoms with Crippen LogP contribution in [0.15, 0.2) is 12.4 Å². The summed E-state index contributed by atoms with van der Waals surface area (Å²) in [4.78, 5) is 8.51. The quantitative estimate of drug-likeness (QED) is 0.721. The van der Waals surface area contributed by atoms with Crippen LogP contribution in [0.3, 0.4) is 0 Å². The molecule has 0 fully saturated rings. The molecule has 1 atom stereocenters. The van der Waals surface area contributed by atoms with Crippen LogP contribution in [-0.4, -0.2) is 34.7 Å². The topological polar surface area (TPSA) is 73.1 Å². The standard InChI is InChI=1S/C10H16N4OS/c1-7(3-4-15-2)14-9-6-12-8(5-13-9)10(11)16/h5-7H,3-4H2,1-2H3,(H2,11,16)(H,13,14). The average molecular weight is 240 g/mol. The lowest BCUT2D eigenvalue weighted by molar-refractivity contribution is 0.191. The Morgan fingerprint density at radius 2 is 2.31 bits per heavy atom. The molecule has 1 aromatic heterocycles. The van der Waals surface area contributed by atoms with Crippen LogP contribution in [0.5, 0.6) is 0 Å². The summed E-state index contributed by atoms with van der Waals surface area (Å²) in [5, 5.41) is 3.21. The molecule has 0 aliphatic heterocycles. The lowest BCUT2D eigenvalue weighted by Crippen LogP contribution is -2.19. The Bertz CT molecular complexity index is 341. The number of nitrogens with two attached hydrogens (primary N) is 1. The molecular formula is C10H16N4OS. The minimum Gasteiger partial charge on any atom is -0.388 e. The highest BCUT2D eigenvalue weighted by Crippen LogP contribution is 2.05. The first-order valence-corrected chi connectivity index (χ1v) is 5.41. The molecule has 88 valence electrons. The van der Waals surface area contributed by atoms with Gasteiger partial charge in [-0.2, -0.15) is 0 Å². The number of thiocarbonyl (C=S) groups is 1. The predicted molar refractivity (Wildman–Crippen MR) is 67.5 cm³/mol. The van der Waals surface area contributed by atoms with Gasteiger partial charge in [-0.05, 0) is 13.3 Å². The minimum atomic E-state index is 0.256. The zero-order chi connectivity index (χ0) is 12.0. The number of nitrogens with one attached hydrogen (secondary N) is 1. The number of rotatable bonds is 6. The van der Waals surface area contributed by atoms with E-state index in [2.05, 4.69) is 22.2 Å². The van der Waals surface area contributed by atoms with Crippen LogP contribution in [0.2, 0.25) is 0 Å². The van der Waals surface area contributed by atoms with Crippen LogP contribution in [-0.2, 0) is 4.74 Å². The maximum atomic E-state index is 5.42. The van der Waals surface area contributed by atoms with Gasteiger partial charge in [-0.3, -0.25) is 0 Å². The van der Waals surface area contributed by atoms with Crippen LogP contribution in [0.25, 0.3) is 0 Å². The van der Waals surface area contributed by atoms with Crippen molar-refractivity contribution in [2.45, 2.75) is 19.4 Å². The smallest absolute Gasteiger partial charge is 0.144 e. The van der Waals surface area contributed by atoms with Crippen molar-refractivity contribution in [1.82, 2.24) is 9.97 Å². The van der Waals surface area contributed by atoms with Crippen molar-refractivity contribution >= 4 is 23.0 Å². The molecule has 0 aliphatic rings. The molecule has 0 spiro atoms. The number of anilines is 1. The van der Waals surface area contributed by atoms with E-state index in [0.717, 1.165) is 6.42 Å². The molecule has 16 heavy (non-hydrogen) atoms. The molecular weight excluding hydrogens is 224 g/mol. The zero-order valence-electron chi connectivity index (χ0n) is 9.43. The van der Waals surface area contributed by atoms with E-state index >= 15 is 0 Å². The molecule has 0 aromatic carbocycles. The summed E-state index contributed by atoms with van der Waals surface area (Å²) in [7, 11) is 1.68. The highest BCUT2D eigenvalue weighted by Gasteiger charge is 2.04. The highest BCUT2D eigenvalue weighted by molar-refractivity contribution is 7.80. The van der Waals surface area contributed by atoms with E-state index in [1.54, 1.807) is 19.5 Å². The lowest BCUT2D eigenvalue weighted by atomic mass is 10.2. The van der Waals surface area contributed by atoms with Gasteiger partial charge in [-0.25, -0.2) is 9.97 Å². The molecule has 0 saturated heterocycles. The number of ether oxygens (including phenoxy) is 1. The fourth-order valence-electron chi connectivity index (χ4n) is 1.15. The Morgan fingerprint density at radius 3 is 2.81 bits per heavy atom. The summed E-state index contributed by atoms with van der Waals surface area (Å²) in [6.07, 6.45) is 4.10. The summed E-state index contributed by atoms with van der Waals surface area (Å²) in [5.74, 6) is 0.712. The van der Waals surface area contributed by atoms with E-state index in [4.69, 9.17) is 22.7 Å². The number of methoxy groups -OCH3 is 1. The molecule has 3 N–H and O–H groups in total. The van der Waals surface area contributed by atoms with Gasteiger partial charge in [0.1, 0.15) is 16.5 Å². The molecule has 0 saturated carbocycles. The molecule has 0 radical (unpaired) electrons. The van der Waals surface area contributed by atoms with Gasteiger partial charge >= 0.3 is 0 Å². The van der Waals surface area contributed by atoms with Gasteiger partial charge in [0.2, 0.25) is 0 Å². The molecule has 5 nitrogen and oxygen atoms in total. The van der Waals surface area contributed by atoms with Crippen molar-refractivity contribution in [2.75, 3.05) is 19.0 Å². The summed E-state index contributed by atoms with van der Waals surface area (Å²) in [5.41, 5.74) is 5.96. The van der Waals surface area contributed by atoms with Gasteiger partial charge in [0.15, 0.2) is 0 Å². The van der Waals surface area contributed by atoms with Crippen molar-refractivity contribution in [2.24, 2.45) is 5.73 Å². The first-order chi connectivity index (χ1) is 7.63. The second-order valence-electron chi connectivity index (χ2n) is 3.48. The summed E-state index contributed by atoms with van der Waals surface area (Å²) < 4.78 is 4.99. The molecule has 1 aromatic rings. The second kappa shape index (κ2) is 6.34. The Kier molecular flexibility index (Phi) is 5.07. The molecule has 0 amide bonds. The van der Waals surface area contributed by atoms with Gasteiger partial charge in [0, 0.05) is 19.8 Å².